The lowest BCUT2D eigenvalue weighted by Crippen LogP contribution is -2.15. The molecular weight excluding hydrogens is 290 g/mol. The first-order valence-corrected chi connectivity index (χ1v) is 7.43. The van der Waals surface area contributed by atoms with E-state index >= 15 is 0 Å². The number of hydrogen-bond donors (Lipinski definition) is 1. The number of para-hydroxylation sites is 2. The summed E-state index contributed by atoms with van der Waals surface area (Å²) in [5.41, 5.74) is 2.67. The van der Waals surface area contributed by atoms with Crippen LogP contribution in [0.3, 0.4) is 0 Å². The third-order valence-electron chi connectivity index (χ3n) is 3.49. The number of aryl methyl sites for hydroxylation is 1. The average molecular weight is 307 g/mol. The summed E-state index contributed by atoms with van der Waals surface area (Å²) in [6.45, 7) is 4.27. The van der Waals surface area contributed by atoms with Crippen LogP contribution in [0.15, 0.2) is 48.8 Å². The number of amides is 1. The number of carbonyl (C=O) groups excluding carboxylic acids is 1. The molecule has 3 aromatic rings. The fraction of sp³-hybridized carbons (Fsp3) is 0.167. The molecule has 2 aromatic heterocycles. The van der Waals surface area contributed by atoms with Crippen LogP contribution >= 0.6 is 0 Å². The molecule has 0 aliphatic carbocycles. The molecule has 1 aromatic carbocycles. The molecule has 0 atom stereocenters. The lowest BCUT2D eigenvalue weighted by Gasteiger charge is -2.12. The Hall–Kier alpha value is -2.95. The highest BCUT2D eigenvalue weighted by Crippen LogP contribution is 2.25. The highest BCUT2D eigenvalue weighted by atomic mass is 16.5. The number of fused-ring (bicyclic) bond motifs is 1. The van der Waals surface area contributed by atoms with Gasteiger partial charge in [0.05, 0.1) is 29.1 Å². The first-order valence-electron chi connectivity index (χ1n) is 7.43. The molecule has 0 aliphatic rings. The van der Waals surface area contributed by atoms with Crippen molar-refractivity contribution in [2.24, 2.45) is 0 Å². The Morgan fingerprint density at radius 3 is 2.91 bits per heavy atom. The van der Waals surface area contributed by atoms with Gasteiger partial charge in [-0.05, 0) is 38.1 Å². The SMILES string of the molecule is CCOc1ccccc1NC(=O)c1cc2cnccc2nc1C. The minimum atomic E-state index is -0.215. The molecule has 2 heterocycles. The summed E-state index contributed by atoms with van der Waals surface area (Å²) in [6, 6.07) is 11.0. The molecule has 5 nitrogen and oxygen atoms in total. The molecule has 1 amide bonds. The van der Waals surface area contributed by atoms with E-state index in [0.717, 1.165) is 10.9 Å². The molecule has 0 saturated heterocycles. The summed E-state index contributed by atoms with van der Waals surface area (Å²) < 4.78 is 5.53. The van der Waals surface area contributed by atoms with Crippen molar-refractivity contribution in [3.8, 4) is 5.75 Å². The third kappa shape index (κ3) is 3.13. The van der Waals surface area contributed by atoms with Gasteiger partial charge in [0.1, 0.15) is 5.75 Å². The highest BCUT2D eigenvalue weighted by Gasteiger charge is 2.14. The van der Waals surface area contributed by atoms with Gasteiger partial charge in [0, 0.05) is 17.8 Å². The van der Waals surface area contributed by atoms with Crippen molar-refractivity contribution >= 4 is 22.5 Å². The molecule has 0 aliphatic heterocycles. The van der Waals surface area contributed by atoms with Crippen LogP contribution in [0, 0.1) is 6.92 Å². The molecule has 3 rings (SSSR count). The number of rotatable bonds is 4. The lowest BCUT2D eigenvalue weighted by molar-refractivity contribution is 0.102. The number of carbonyl (C=O) groups is 1. The average Bonchev–Trinajstić information content (AvgIpc) is 2.56. The predicted molar refractivity (Wildman–Crippen MR) is 89.8 cm³/mol. The van der Waals surface area contributed by atoms with Gasteiger partial charge in [-0.25, -0.2) is 0 Å². The first kappa shape index (κ1) is 15.0. The van der Waals surface area contributed by atoms with Gasteiger partial charge in [0.2, 0.25) is 0 Å². The number of anilines is 1. The van der Waals surface area contributed by atoms with Crippen LogP contribution in [0.25, 0.3) is 10.9 Å². The summed E-state index contributed by atoms with van der Waals surface area (Å²) in [4.78, 5) is 21.1. The molecular formula is C18H17N3O2. The minimum absolute atomic E-state index is 0.215. The summed E-state index contributed by atoms with van der Waals surface area (Å²) in [5, 5.41) is 3.73. The predicted octanol–water partition coefficient (Wildman–Crippen LogP) is 3.59. The first-order chi connectivity index (χ1) is 11.2. The standard InChI is InChI=1S/C18H17N3O2/c1-3-23-17-7-5-4-6-16(17)21-18(22)14-10-13-11-19-9-8-15(13)20-12(14)2/h4-11H,3H2,1-2H3,(H,21,22). The number of ether oxygens (including phenoxy) is 1. The van der Waals surface area contributed by atoms with E-state index in [4.69, 9.17) is 4.74 Å². The maximum Gasteiger partial charge on any atom is 0.257 e. The van der Waals surface area contributed by atoms with Gasteiger partial charge in [0.25, 0.3) is 5.91 Å². The normalized spacial score (nSPS) is 10.5. The molecule has 0 unspecified atom stereocenters. The number of aromatic nitrogens is 2. The summed E-state index contributed by atoms with van der Waals surface area (Å²) in [6.07, 6.45) is 3.39. The number of pyridine rings is 2. The maximum absolute atomic E-state index is 12.6. The summed E-state index contributed by atoms with van der Waals surface area (Å²) >= 11 is 0. The number of nitrogens with one attached hydrogen (secondary N) is 1. The zero-order valence-corrected chi connectivity index (χ0v) is 13.0. The zero-order chi connectivity index (χ0) is 16.2. The zero-order valence-electron chi connectivity index (χ0n) is 13.0. The second-order valence-electron chi connectivity index (χ2n) is 5.07. The van der Waals surface area contributed by atoms with Crippen molar-refractivity contribution in [3.05, 3.63) is 60.0 Å². The summed E-state index contributed by atoms with van der Waals surface area (Å²) in [5.74, 6) is 0.435. The minimum Gasteiger partial charge on any atom is -0.492 e. The van der Waals surface area contributed by atoms with Crippen LogP contribution in [0.2, 0.25) is 0 Å². The topological polar surface area (TPSA) is 64.1 Å². The fourth-order valence-corrected chi connectivity index (χ4v) is 2.38. The van der Waals surface area contributed by atoms with Crippen LogP contribution in [0.4, 0.5) is 5.69 Å². The molecule has 116 valence electrons. The molecule has 0 saturated carbocycles. The van der Waals surface area contributed by atoms with Crippen LogP contribution < -0.4 is 10.1 Å². The van der Waals surface area contributed by atoms with E-state index in [1.807, 2.05) is 50.2 Å². The van der Waals surface area contributed by atoms with Crippen LogP contribution in [0.5, 0.6) is 5.75 Å². The van der Waals surface area contributed by atoms with E-state index in [2.05, 4.69) is 15.3 Å². The van der Waals surface area contributed by atoms with E-state index in [0.29, 0.717) is 29.3 Å². The van der Waals surface area contributed by atoms with Gasteiger partial charge in [-0.15, -0.1) is 0 Å². The second kappa shape index (κ2) is 6.44. The van der Waals surface area contributed by atoms with Crippen LogP contribution in [0.1, 0.15) is 23.0 Å². The molecule has 0 fully saturated rings. The van der Waals surface area contributed by atoms with Gasteiger partial charge >= 0.3 is 0 Å². The van der Waals surface area contributed by atoms with Crippen LogP contribution in [-0.2, 0) is 0 Å². The Kier molecular flexibility index (Phi) is 4.19. The van der Waals surface area contributed by atoms with Crippen molar-refractivity contribution in [2.75, 3.05) is 11.9 Å². The van der Waals surface area contributed by atoms with E-state index in [1.54, 1.807) is 12.4 Å². The van der Waals surface area contributed by atoms with Gasteiger partial charge in [-0.3, -0.25) is 14.8 Å². The third-order valence-corrected chi connectivity index (χ3v) is 3.49. The van der Waals surface area contributed by atoms with Crippen molar-refractivity contribution in [1.82, 2.24) is 9.97 Å². The molecule has 0 radical (unpaired) electrons. The van der Waals surface area contributed by atoms with Crippen molar-refractivity contribution in [3.63, 3.8) is 0 Å². The van der Waals surface area contributed by atoms with Gasteiger partial charge in [0.15, 0.2) is 0 Å². The van der Waals surface area contributed by atoms with Crippen LogP contribution in [-0.4, -0.2) is 22.5 Å². The largest absolute Gasteiger partial charge is 0.492 e. The Morgan fingerprint density at radius 2 is 2.09 bits per heavy atom. The van der Waals surface area contributed by atoms with Gasteiger partial charge in [-0.1, -0.05) is 12.1 Å². The summed E-state index contributed by atoms with van der Waals surface area (Å²) in [7, 11) is 0. The van der Waals surface area contributed by atoms with E-state index < -0.39 is 0 Å². The van der Waals surface area contributed by atoms with Crippen molar-refractivity contribution in [1.29, 1.82) is 0 Å². The fourth-order valence-electron chi connectivity index (χ4n) is 2.38. The second-order valence-corrected chi connectivity index (χ2v) is 5.07. The van der Waals surface area contributed by atoms with E-state index in [9.17, 15) is 4.79 Å². The molecule has 0 bridgehead atoms. The highest BCUT2D eigenvalue weighted by molar-refractivity contribution is 6.07. The van der Waals surface area contributed by atoms with Crippen molar-refractivity contribution < 1.29 is 9.53 Å². The Labute approximate surface area is 134 Å². The Bertz CT molecular complexity index is 862. The number of hydrogen-bond acceptors (Lipinski definition) is 4. The Morgan fingerprint density at radius 1 is 1.26 bits per heavy atom. The molecule has 1 N–H and O–H groups in total. The maximum atomic E-state index is 12.6. The molecule has 23 heavy (non-hydrogen) atoms. The smallest absolute Gasteiger partial charge is 0.257 e. The number of benzene rings is 1. The van der Waals surface area contributed by atoms with E-state index in [1.165, 1.54) is 0 Å². The lowest BCUT2D eigenvalue weighted by atomic mass is 10.1. The molecule has 0 spiro atoms. The monoisotopic (exact) mass is 307 g/mol. The number of nitrogens with zero attached hydrogens (tertiary/aromatic N) is 2. The Balaban J connectivity index is 1.93. The van der Waals surface area contributed by atoms with E-state index in [-0.39, 0.29) is 5.91 Å². The van der Waals surface area contributed by atoms with Gasteiger partial charge < -0.3 is 10.1 Å². The molecule has 5 heteroatoms. The van der Waals surface area contributed by atoms with Crippen molar-refractivity contribution in [2.45, 2.75) is 13.8 Å². The quantitative estimate of drug-likeness (QED) is 0.800. The van der Waals surface area contributed by atoms with Gasteiger partial charge in [-0.2, -0.15) is 0 Å².